The third-order valence-electron chi connectivity index (χ3n) is 7.04. The van der Waals surface area contributed by atoms with Crippen LogP contribution in [0, 0.1) is 6.92 Å². The van der Waals surface area contributed by atoms with Gasteiger partial charge in [-0.3, -0.25) is 13.9 Å². The summed E-state index contributed by atoms with van der Waals surface area (Å²) in [6, 6.07) is 19.2. The van der Waals surface area contributed by atoms with Crippen molar-refractivity contribution >= 4 is 27.5 Å². The molecule has 0 aliphatic carbocycles. The number of aryl methyl sites for hydroxylation is 1. The first-order valence-corrected chi connectivity index (χ1v) is 14.9. The lowest BCUT2D eigenvalue weighted by atomic mass is 10.1. The zero-order chi connectivity index (χ0) is 30.2. The normalized spacial score (nSPS) is 12.6. The van der Waals surface area contributed by atoms with E-state index in [0.29, 0.717) is 11.5 Å². The summed E-state index contributed by atoms with van der Waals surface area (Å²) in [6.45, 7) is 7.02. The molecule has 0 fully saturated rings. The van der Waals surface area contributed by atoms with Crippen LogP contribution in [-0.4, -0.2) is 58.0 Å². The lowest BCUT2D eigenvalue weighted by Gasteiger charge is -2.33. The molecular formula is C31H39N3O6S. The number of methoxy groups -OCH3 is 2. The smallest absolute Gasteiger partial charge is 0.264 e. The van der Waals surface area contributed by atoms with E-state index < -0.39 is 28.5 Å². The lowest BCUT2D eigenvalue weighted by Crippen LogP contribution is -2.52. The predicted molar refractivity (Wildman–Crippen MR) is 160 cm³/mol. The van der Waals surface area contributed by atoms with Gasteiger partial charge in [0.1, 0.15) is 12.6 Å². The molecule has 0 spiro atoms. The first-order valence-electron chi connectivity index (χ1n) is 13.5. The molecule has 0 heterocycles. The van der Waals surface area contributed by atoms with E-state index in [-0.39, 0.29) is 29.1 Å². The maximum absolute atomic E-state index is 14.1. The molecule has 0 aliphatic rings. The Bertz CT molecular complexity index is 1450. The highest BCUT2D eigenvalue weighted by atomic mass is 32.2. The van der Waals surface area contributed by atoms with E-state index in [4.69, 9.17) is 9.47 Å². The maximum atomic E-state index is 14.1. The molecule has 0 saturated heterocycles. The molecular weight excluding hydrogens is 542 g/mol. The van der Waals surface area contributed by atoms with E-state index in [1.54, 1.807) is 37.3 Å². The Kier molecular flexibility index (Phi) is 10.8. The molecule has 2 amide bonds. The number of ether oxygens (including phenoxy) is 2. The lowest BCUT2D eigenvalue weighted by molar-refractivity contribution is -0.139. The second kappa shape index (κ2) is 14.0. The zero-order valence-electron chi connectivity index (χ0n) is 24.5. The van der Waals surface area contributed by atoms with E-state index in [2.05, 4.69) is 5.32 Å². The van der Waals surface area contributed by atoms with Gasteiger partial charge in [-0.15, -0.1) is 0 Å². The van der Waals surface area contributed by atoms with Crippen LogP contribution in [0.2, 0.25) is 0 Å². The van der Waals surface area contributed by atoms with Crippen molar-refractivity contribution in [3.63, 3.8) is 0 Å². The number of amides is 2. The molecule has 3 rings (SSSR count). The Morgan fingerprint density at radius 2 is 1.54 bits per heavy atom. The van der Waals surface area contributed by atoms with Gasteiger partial charge in [-0.25, -0.2) is 8.42 Å². The van der Waals surface area contributed by atoms with Crippen molar-refractivity contribution in [3.05, 3.63) is 83.9 Å². The molecule has 3 aromatic rings. The molecule has 41 heavy (non-hydrogen) atoms. The number of carbonyl (C=O) groups excluding carboxylic acids is 2. The van der Waals surface area contributed by atoms with Crippen LogP contribution in [0.1, 0.15) is 38.3 Å². The Hall–Kier alpha value is -4.05. The van der Waals surface area contributed by atoms with E-state index in [1.807, 2.05) is 45.0 Å². The number of benzene rings is 3. The molecule has 0 aliphatic heterocycles. The summed E-state index contributed by atoms with van der Waals surface area (Å²) < 4.78 is 39.7. The van der Waals surface area contributed by atoms with Crippen LogP contribution in [0.25, 0.3) is 0 Å². The minimum atomic E-state index is -4.19. The van der Waals surface area contributed by atoms with Crippen molar-refractivity contribution in [1.29, 1.82) is 0 Å². The molecule has 0 unspecified atom stereocenters. The van der Waals surface area contributed by atoms with Crippen LogP contribution in [0.4, 0.5) is 5.69 Å². The van der Waals surface area contributed by atoms with Gasteiger partial charge in [0.25, 0.3) is 10.0 Å². The molecule has 2 atom stereocenters. The van der Waals surface area contributed by atoms with Gasteiger partial charge >= 0.3 is 0 Å². The third-order valence-corrected chi connectivity index (χ3v) is 8.82. The molecule has 0 bridgehead atoms. The van der Waals surface area contributed by atoms with Gasteiger partial charge in [0.05, 0.1) is 24.8 Å². The number of hydrogen-bond donors (Lipinski definition) is 1. The highest BCUT2D eigenvalue weighted by Gasteiger charge is 2.33. The monoisotopic (exact) mass is 581 g/mol. The number of hydrogen-bond acceptors (Lipinski definition) is 6. The minimum Gasteiger partial charge on any atom is -0.493 e. The van der Waals surface area contributed by atoms with Gasteiger partial charge in [0, 0.05) is 18.7 Å². The Morgan fingerprint density at radius 3 is 2.15 bits per heavy atom. The predicted octanol–water partition coefficient (Wildman–Crippen LogP) is 4.54. The van der Waals surface area contributed by atoms with Crippen LogP contribution < -0.4 is 19.1 Å². The van der Waals surface area contributed by atoms with Crippen LogP contribution in [0.5, 0.6) is 11.5 Å². The number of nitrogens with zero attached hydrogens (tertiary/aromatic N) is 2. The molecule has 0 radical (unpaired) electrons. The van der Waals surface area contributed by atoms with Gasteiger partial charge in [0.15, 0.2) is 11.5 Å². The summed E-state index contributed by atoms with van der Waals surface area (Å²) >= 11 is 0. The summed E-state index contributed by atoms with van der Waals surface area (Å²) in [5.41, 5.74) is 2.02. The van der Waals surface area contributed by atoms with E-state index in [0.717, 1.165) is 21.9 Å². The van der Waals surface area contributed by atoms with Crippen molar-refractivity contribution in [3.8, 4) is 11.5 Å². The fourth-order valence-corrected chi connectivity index (χ4v) is 5.67. The summed E-state index contributed by atoms with van der Waals surface area (Å²) in [7, 11) is -1.26. The fourth-order valence-electron chi connectivity index (χ4n) is 4.25. The topological polar surface area (TPSA) is 105 Å². The zero-order valence-corrected chi connectivity index (χ0v) is 25.3. The summed E-state index contributed by atoms with van der Waals surface area (Å²) in [4.78, 5) is 28.7. The molecule has 0 saturated carbocycles. The highest BCUT2D eigenvalue weighted by Crippen LogP contribution is 2.34. The first kappa shape index (κ1) is 31.5. The van der Waals surface area contributed by atoms with Crippen molar-refractivity contribution < 1.29 is 27.5 Å². The van der Waals surface area contributed by atoms with E-state index in [1.165, 1.54) is 37.3 Å². The number of anilines is 1. The van der Waals surface area contributed by atoms with Crippen molar-refractivity contribution in [2.24, 2.45) is 0 Å². The third kappa shape index (κ3) is 7.58. The average molecular weight is 582 g/mol. The summed E-state index contributed by atoms with van der Waals surface area (Å²) in [6.07, 6.45) is 0.729. The largest absolute Gasteiger partial charge is 0.493 e. The highest BCUT2D eigenvalue weighted by molar-refractivity contribution is 7.92. The Balaban J connectivity index is 2.08. The number of rotatable bonds is 13. The second-order valence-electron chi connectivity index (χ2n) is 9.81. The minimum absolute atomic E-state index is 0.0237. The SMILES string of the molecule is CC[C@@H](C)NC(=O)[C@H](C)N(Cc1ccccc1C)C(=O)CN(c1ccc(OC)c(OC)c1)S(=O)(=O)c1ccccc1. The molecule has 1 N–H and O–H groups in total. The Labute approximate surface area is 243 Å². The standard InChI is InChI=1S/C31H39N3O6S/c1-7-23(3)32-31(36)24(4)33(20-25-14-12-11-13-22(25)2)30(35)21-34(41(37,38)27-15-9-8-10-16-27)26-17-18-28(39-5)29(19-26)40-6/h8-19,23-24H,7,20-21H2,1-6H3,(H,32,36)/t23-,24+/m1/s1. The quantitative estimate of drug-likeness (QED) is 0.318. The van der Waals surface area contributed by atoms with Gasteiger partial charge in [-0.05, 0) is 62.6 Å². The van der Waals surface area contributed by atoms with Gasteiger partial charge in [-0.2, -0.15) is 0 Å². The van der Waals surface area contributed by atoms with Crippen LogP contribution >= 0.6 is 0 Å². The van der Waals surface area contributed by atoms with Crippen LogP contribution in [-0.2, 0) is 26.2 Å². The Morgan fingerprint density at radius 1 is 0.902 bits per heavy atom. The fraction of sp³-hybridized carbons (Fsp3) is 0.355. The van der Waals surface area contributed by atoms with Gasteiger partial charge in [-0.1, -0.05) is 49.4 Å². The first-order chi connectivity index (χ1) is 19.5. The summed E-state index contributed by atoms with van der Waals surface area (Å²) in [5.74, 6) is -0.126. The number of sulfonamides is 1. The average Bonchev–Trinajstić information content (AvgIpc) is 2.98. The molecule has 0 aromatic heterocycles. The van der Waals surface area contributed by atoms with Gasteiger partial charge in [0.2, 0.25) is 11.8 Å². The van der Waals surface area contributed by atoms with Crippen molar-refractivity contribution in [1.82, 2.24) is 10.2 Å². The molecule has 3 aromatic carbocycles. The van der Waals surface area contributed by atoms with E-state index in [9.17, 15) is 18.0 Å². The van der Waals surface area contributed by atoms with E-state index >= 15 is 0 Å². The number of carbonyl (C=O) groups is 2. The maximum Gasteiger partial charge on any atom is 0.264 e. The van der Waals surface area contributed by atoms with Gasteiger partial charge < -0.3 is 19.7 Å². The molecule has 220 valence electrons. The van der Waals surface area contributed by atoms with Crippen molar-refractivity contribution in [2.45, 2.75) is 57.6 Å². The second-order valence-corrected chi connectivity index (χ2v) is 11.7. The van der Waals surface area contributed by atoms with Crippen LogP contribution in [0.3, 0.4) is 0 Å². The molecule has 9 nitrogen and oxygen atoms in total. The number of nitrogens with one attached hydrogen (secondary N) is 1. The van der Waals surface area contributed by atoms with Crippen molar-refractivity contribution in [2.75, 3.05) is 25.1 Å². The van der Waals surface area contributed by atoms with Crippen LogP contribution in [0.15, 0.2) is 77.7 Å². The summed E-state index contributed by atoms with van der Waals surface area (Å²) in [5, 5.41) is 2.94. The molecule has 10 heteroatoms.